The monoisotopic (exact) mass is 395 g/mol. The van der Waals surface area contributed by atoms with Crippen LogP contribution in [-0.4, -0.2) is 56.7 Å². The summed E-state index contributed by atoms with van der Waals surface area (Å²) in [6.45, 7) is 5.53. The van der Waals surface area contributed by atoms with Gasteiger partial charge in [0.2, 0.25) is 6.10 Å². The Balaban J connectivity index is 3.12. The molecule has 1 atom stereocenters. The number of benzene rings is 1. The standard InChI is InChI=1S/C20H29NO7/c1-6-10-25-17-12-15(8-9-16(17)27-13-18(23)21(4)5)19(28-14(3)22)20(24)26-11-7-2/h8-9,12,19H,6-7,10-11,13H2,1-5H3. The number of ether oxygens (including phenoxy) is 4. The first-order valence-electron chi connectivity index (χ1n) is 9.23. The van der Waals surface area contributed by atoms with E-state index in [-0.39, 0.29) is 19.1 Å². The maximum Gasteiger partial charge on any atom is 0.352 e. The minimum absolute atomic E-state index is 0.152. The number of rotatable bonds is 11. The van der Waals surface area contributed by atoms with Crippen molar-refractivity contribution in [2.24, 2.45) is 0 Å². The molecule has 0 N–H and O–H groups in total. The van der Waals surface area contributed by atoms with Crippen molar-refractivity contribution in [2.75, 3.05) is 33.9 Å². The molecule has 1 amide bonds. The van der Waals surface area contributed by atoms with E-state index in [1.807, 2.05) is 13.8 Å². The van der Waals surface area contributed by atoms with Crippen LogP contribution in [0.15, 0.2) is 18.2 Å². The van der Waals surface area contributed by atoms with Crippen molar-refractivity contribution in [3.05, 3.63) is 23.8 Å². The highest BCUT2D eigenvalue weighted by Gasteiger charge is 2.27. The van der Waals surface area contributed by atoms with Gasteiger partial charge in [0.1, 0.15) is 0 Å². The van der Waals surface area contributed by atoms with Crippen molar-refractivity contribution in [2.45, 2.75) is 39.7 Å². The lowest BCUT2D eigenvalue weighted by atomic mass is 10.1. The summed E-state index contributed by atoms with van der Waals surface area (Å²) in [5.41, 5.74) is 0.397. The Morgan fingerprint density at radius 1 is 1.00 bits per heavy atom. The number of carbonyl (C=O) groups excluding carboxylic acids is 3. The molecule has 0 heterocycles. The third-order valence-electron chi connectivity index (χ3n) is 3.53. The van der Waals surface area contributed by atoms with Crippen LogP contribution in [0.5, 0.6) is 11.5 Å². The average molecular weight is 395 g/mol. The van der Waals surface area contributed by atoms with E-state index in [1.165, 1.54) is 11.8 Å². The lowest BCUT2D eigenvalue weighted by Crippen LogP contribution is -2.27. The normalized spacial score (nSPS) is 11.3. The Bertz CT molecular complexity index is 673. The highest BCUT2D eigenvalue weighted by molar-refractivity contribution is 5.80. The summed E-state index contributed by atoms with van der Waals surface area (Å²) in [7, 11) is 3.27. The quantitative estimate of drug-likeness (QED) is 0.532. The first-order valence-corrected chi connectivity index (χ1v) is 9.23. The van der Waals surface area contributed by atoms with Crippen molar-refractivity contribution < 1.29 is 33.3 Å². The number of nitrogens with zero attached hydrogens (tertiary/aromatic N) is 1. The van der Waals surface area contributed by atoms with E-state index in [9.17, 15) is 14.4 Å². The number of hydrogen-bond donors (Lipinski definition) is 0. The predicted octanol–water partition coefficient (Wildman–Crippen LogP) is 2.50. The average Bonchev–Trinajstić information content (AvgIpc) is 2.66. The molecule has 0 bridgehead atoms. The minimum atomic E-state index is -1.20. The van der Waals surface area contributed by atoms with Gasteiger partial charge in [0.15, 0.2) is 18.1 Å². The summed E-state index contributed by atoms with van der Waals surface area (Å²) >= 11 is 0. The molecular formula is C20H29NO7. The summed E-state index contributed by atoms with van der Waals surface area (Å²) in [4.78, 5) is 36.9. The van der Waals surface area contributed by atoms with Crippen molar-refractivity contribution in [1.82, 2.24) is 4.90 Å². The van der Waals surface area contributed by atoms with Crippen LogP contribution < -0.4 is 9.47 Å². The zero-order valence-corrected chi connectivity index (χ0v) is 17.1. The van der Waals surface area contributed by atoms with Crippen molar-refractivity contribution >= 4 is 17.8 Å². The fourth-order valence-corrected chi connectivity index (χ4v) is 2.10. The van der Waals surface area contributed by atoms with Gasteiger partial charge in [0.05, 0.1) is 13.2 Å². The Kier molecular flexibility index (Phi) is 9.84. The number of hydrogen-bond acceptors (Lipinski definition) is 7. The Labute approximate surface area is 165 Å². The molecule has 0 aliphatic rings. The zero-order chi connectivity index (χ0) is 21.1. The second kappa shape index (κ2) is 11.8. The Morgan fingerprint density at radius 2 is 1.68 bits per heavy atom. The molecule has 0 aliphatic heterocycles. The van der Waals surface area contributed by atoms with Gasteiger partial charge in [-0.25, -0.2) is 4.79 Å². The molecular weight excluding hydrogens is 366 g/mol. The van der Waals surface area contributed by atoms with E-state index in [2.05, 4.69) is 0 Å². The molecule has 1 aromatic carbocycles. The highest BCUT2D eigenvalue weighted by atomic mass is 16.6. The predicted molar refractivity (Wildman–Crippen MR) is 102 cm³/mol. The number of amides is 1. The minimum Gasteiger partial charge on any atom is -0.490 e. The molecule has 8 nitrogen and oxygen atoms in total. The van der Waals surface area contributed by atoms with Gasteiger partial charge in [-0.1, -0.05) is 19.9 Å². The molecule has 8 heteroatoms. The number of carbonyl (C=O) groups is 3. The van der Waals surface area contributed by atoms with E-state index in [0.29, 0.717) is 30.1 Å². The highest BCUT2D eigenvalue weighted by Crippen LogP contribution is 2.32. The van der Waals surface area contributed by atoms with Gasteiger partial charge in [-0.05, 0) is 25.0 Å². The topological polar surface area (TPSA) is 91.4 Å². The van der Waals surface area contributed by atoms with Gasteiger partial charge in [-0.3, -0.25) is 9.59 Å². The van der Waals surface area contributed by atoms with Gasteiger partial charge in [-0.2, -0.15) is 0 Å². The van der Waals surface area contributed by atoms with Gasteiger partial charge in [0.25, 0.3) is 5.91 Å². The maximum atomic E-state index is 12.3. The molecule has 1 rings (SSSR count). The summed E-state index contributed by atoms with van der Waals surface area (Å²) in [6, 6.07) is 4.72. The van der Waals surface area contributed by atoms with E-state index in [4.69, 9.17) is 18.9 Å². The number of likely N-dealkylation sites (N-methyl/N-ethyl adjacent to an activating group) is 1. The zero-order valence-electron chi connectivity index (χ0n) is 17.1. The molecule has 0 fully saturated rings. The molecule has 28 heavy (non-hydrogen) atoms. The first-order chi connectivity index (χ1) is 13.3. The molecule has 0 radical (unpaired) electrons. The van der Waals surface area contributed by atoms with E-state index in [0.717, 1.165) is 6.42 Å². The van der Waals surface area contributed by atoms with Crippen molar-refractivity contribution in [1.29, 1.82) is 0 Å². The number of esters is 2. The lowest BCUT2D eigenvalue weighted by molar-refractivity contribution is -0.167. The van der Waals surface area contributed by atoms with Gasteiger partial charge in [-0.15, -0.1) is 0 Å². The molecule has 0 aromatic heterocycles. The molecule has 1 aromatic rings. The summed E-state index contributed by atoms with van der Waals surface area (Å²) < 4.78 is 21.5. The SMILES string of the molecule is CCCOC(=O)C(OC(C)=O)c1ccc(OCC(=O)N(C)C)c(OCCC)c1. The Morgan fingerprint density at radius 3 is 2.25 bits per heavy atom. The maximum absolute atomic E-state index is 12.3. The van der Waals surface area contributed by atoms with Crippen molar-refractivity contribution in [3.63, 3.8) is 0 Å². The fourth-order valence-electron chi connectivity index (χ4n) is 2.10. The third kappa shape index (κ3) is 7.46. The van der Waals surface area contributed by atoms with Crippen LogP contribution in [0, 0.1) is 0 Å². The van der Waals surface area contributed by atoms with Crippen LogP contribution in [0.3, 0.4) is 0 Å². The van der Waals surface area contributed by atoms with Crippen LogP contribution in [0.25, 0.3) is 0 Å². The molecule has 0 saturated carbocycles. The van der Waals surface area contributed by atoms with Crippen molar-refractivity contribution in [3.8, 4) is 11.5 Å². The first kappa shape index (κ1) is 23.3. The van der Waals surface area contributed by atoms with Crippen LogP contribution in [0.4, 0.5) is 0 Å². The fraction of sp³-hybridized carbons (Fsp3) is 0.550. The molecule has 0 spiro atoms. The van der Waals surface area contributed by atoms with E-state index in [1.54, 1.807) is 32.3 Å². The molecule has 0 saturated heterocycles. The van der Waals surface area contributed by atoms with Gasteiger partial charge < -0.3 is 23.8 Å². The van der Waals surface area contributed by atoms with Gasteiger partial charge in [0, 0.05) is 26.6 Å². The van der Waals surface area contributed by atoms with Gasteiger partial charge >= 0.3 is 11.9 Å². The van der Waals surface area contributed by atoms with Crippen LogP contribution in [0.2, 0.25) is 0 Å². The van der Waals surface area contributed by atoms with Crippen LogP contribution in [0.1, 0.15) is 45.3 Å². The smallest absolute Gasteiger partial charge is 0.352 e. The van der Waals surface area contributed by atoms with Crippen LogP contribution in [-0.2, 0) is 23.9 Å². The lowest BCUT2D eigenvalue weighted by Gasteiger charge is -2.19. The second-order valence-electron chi connectivity index (χ2n) is 6.29. The molecule has 0 aliphatic carbocycles. The Hall–Kier alpha value is -2.77. The summed E-state index contributed by atoms with van der Waals surface area (Å²) in [6.07, 6.45) is 0.202. The van der Waals surface area contributed by atoms with E-state index < -0.39 is 18.0 Å². The molecule has 1 unspecified atom stereocenters. The van der Waals surface area contributed by atoms with E-state index >= 15 is 0 Å². The summed E-state index contributed by atoms with van der Waals surface area (Å²) in [5.74, 6) is -0.755. The molecule has 156 valence electrons. The second-order valence-corrected chi connectivity index (χ2v) is 6.29. The third-order valence-corrected chi connectivity index (χ3v) is 3.53. The van der Waals surface area contributed by atoms with Crippen LogP contribution >= 0.6 is 0 Å². The largest absolute Gasteiger partial charge is 0.490 e. The summed E-state index contributed by atoms with van der Waals surface area (Å²) in [5, 5.41) is 0.